The molecular weight excluding hydrogens is 224 g/mol. The summed E-state index contributed by atoms with van der Waals surface area (Å²) in [6.07, 6.45) is 3.68. The summed E-state index contributed by atoms with van der Waals surface area (Å²) >= 11 is 0. The molecule has 1 aromatic carbocycles. The molecule has 0 saturated heterocycles. The number of para-hydroxylation sites is 1. The van der Waals surface area contributed by atoms with E-state index in [1.807, 2.05) is 24.5 Å². The molecule has 0 unspecified atom stereocenters. The van der Waals surface area contributed by atoms with Crippen LogP contribution in [0, 0.1) is 0 Å². The Labute approximate surface area is 91.8 Å². The maximum Gasteiger partial charge on any atom is 2.00 e. The van der Waals surface area contributed by atoms with E-state index < -0.39 is 0 Å². The van der Waals surface area contributed by atoms with Gasteiger partial charge in [-0.3, -0.25) is 4.98 Å². The number of fused-ring (bicyclic) bond motifs is 3. The second-order valence-electron chi connectivity index (χ2n) is 3.09. The van der Waals surface area contributed by atoms with Crippen LogP contribution < -0.4 is 0 Å². The van der Waals surface area contributed by atoms with Crippen LogP contribution in [0.3, 0.4) is 0 Å². The number of aromatic nitrogens is 2. The standard InChI is InChI=1S/C11H8N2.Cu/c1-2-4-10-8(3-1)9-5-6-12-7-11(9)13-10;/h1-7,13H;/q;+2. The quantitative estimate of drug-likeness (QED) is 0.593. The third kappa shape index (κ3) is 1.22. The van der Waals surface area contributed by atoms with Gasteiger partial charge >= 0.3 is 17.1 Å². The second kappa shape index (κ2) is 3.45. The summed E-state index contributed by atoms with van der Waals surface area (Å²) in [7, 11) is 0. The van der Waals surface area contributed by atoms with E-state index >= 15 is 0 Å². The molecule has 0 aliphatic heterocycles. The minimum absolute atomic E-state index is 0. The molecule has 0 atom stereocenters. The Hall–Kier alpha value is -1.31. The van der Waals surface area contributed by atoms with E-state index in [-0.39, 0.29) is 17.1 Å². The van der Waals surface area contributed by atoms with Crippen molar-refractivity contribution in [3.05, 3.63) is 42.7 Å². The predicted octanol–water partition coefficient (Wildman–Crippen LogP) is 2.71. The van der Waals surface area contributed by atoms with Crippen molar-refractivity contribution in [3.63, 3.8) is 0 Å². The van der Waals surface area contributed by atoms with Gasteiger partial charge in [0.05, 0.1) is 11.7 Å². The molecule has 71 valence electrons. The zero-order valence-corrected chi connectivity index (χ0v) is 8.23. The molecule has 0 aliphatic carbocycles. The molecule has 3 aromatic rings. The fraction of sp³-hybridized carbons (Fsp3) is 0. The summed E-state index contributed by atoms with van der Waals surface area (Å²) < 4.78 is 0. The van der Waals surface area contributed by atoms with Gasteiger partial charge in [0.2, 0.25) is 0 Å². The number of nitrogens with one attached hydrogen (secondary N) is 1. The van der Waals surface area contributed by atoms with E-state index in [0.29, 0.717) is 0 Å². The Morgan fingerprint density at radius 1 is 0.929 bits per heavy atom. The summed E-state index contributed by atoms with van der Waals surface area (Å²) in [4.78, 5) is 7.39. The van der Waals surface area contributed by atoms with Crippen molar-refractivity contribution < 1.29 is 17.1 Å². The molecular formula is C11H8CuN2+2. The number of nitrogens with zero attached hydrogens (tertiary/aromatic N) is 1. The van der Waals surface area contributed by atoms with Crippen molar-refractivity contribution >= 4 is 21.8 Å². The first kappa shape index (κ1) is 9.25. The van der Waals surface area contributed by atoms with Crippen molar-refractivity contribution in [3.8, 4) is 0 Å². The van der Waals surface area contributed by atoms with Crippen molar-refractivity contribution in [1.29, 1.82) is 0 Å². The van der Waals surface area contributed by atoms with Crippen molar-refractivity contribution in [2.45, 2.75) is 0 Å². The summed E-state index contributed by atoms with van der Waals surface area (Å²) in [5.74, 6) is 0. The fourth-order valence-corrected chi connectivity index (χ4v) is 1.70. The van der Waals surface area contributed by atoms with Gasteiger partial charge in [0.25, 0.3) is 0 Å². The van der Waals surface area contributed by atoms with E-state index in [4.69, 9.17) is 0 Å². The first-order valence-electron chi connectivity index (χ1n) is 4.25. The molecule has 0 saturated carbocycles. The molecule has 0 aliphatic rings. The molecule has 0 bridgehead atoms. The van der Waals surface area contributed by atoms with Crippen LogP contribution in [0.5, 0.6) is 0 Å². The Morgan fingerprint density at radius 2 is 1.71 bits per heavy atom. The molecule has 0 amide bonds. The van der Waals surface area contributed by atoms with Crippen molar-refractivity contribution in [2.75, 3.05) is 0 Å². The fourth-order valence-electron chi connectivity index (χ4n) is 1.70. The Kier molecular flexibility index (Phi) is 2.28. The third-order valence-corrected chi connectivity index (χ3v) is 2.31. The van der Waals surface area contributed by atoms with E-state index in [9.17, 15) is 0 Å². The molecule has 0 spiro atoms. The normalized spacial score (nSPS) is 10.3. The van der Waals surface area contributed by atoms with E-state index in [0.717, 1.165) is 5.52 Å². The topological polar surface area (TPSA) is 28.7 Å². The van der Waals surface area contributed by atoms with Crippen LogP contribution >= 0.6 is 0 Å². The maximum absolute atomic E-state index is 4.08. The second-order valence-corrected chi connectivity index (χ2v) is 3.09. The molecule has 2 aromatic heterocycles. The van der Waals surface area contributed by atoms with Crippen LogP contribution in [-0.2, 0) is 17.1 Å². The molecule has 1 radical (unpaired) electrons. The zero-order chi connectivity index (χ0) is 8.67. The van der Waals surface area contributed by atoms with Crippen LogP contribution in [0.25, 0.3) is 21.8 Å². The first-order chi connectivity index (χ1) is 6.45. The summed E-state index contributed by atoms with van der Waals surface area (Å²) in [5.41, 5.74) is 2.27. The van der Waals surface area contributed by atoms with E-state index in [1.165, 1.54) is 16.3 Å². The summed E-state index contributed by atoms with van der Waals surface area (Å²) in [6, 6.07) is 10.3. The molecule has 14 heavy (non-hydrogen) atoms. The van der Waals surface area contributed by atoms with Crippen LogP contribution in [0.15, 0.2) is 42.7 Å². The van der Waals surface area contributed by atoms with Gasteiger partial charge in [-0.05, 0) is 12.1 Å². The van der Waals surface area contributed by atoms with Gasteiger partial charge in [-0.15, -0.1) is 0 Å². The van der Waals surface area contributed by atoms with Gasteiger partial charge in [-0.1, -0.05) is 18.2 Å². The van der Waals surface area contributed by atoms with Crippen LogP contribution in [-0.4, -0.2) is 9.97 Å². The van der Waals surface area contributed by atoms with Crippen molar-refractivity contribution in [2.24, 2.45) is 0 Å². The minimum atomic E-state index is 0. The molecule has 2 heterocycles. The smallest absolute Gasteiger partial charge is 0.353 e. The molecule has 2 nitrogen and oxygen atoms in total. The Bertz CT molecular complexity index is 521. The van der Waals surface area contributed by atoms with Gasteiger partial charge < -0.3 is 4.98 Å². The van der Waals surface area contributed by atoms with Crippen LogP contribution in [0.4, 0.5) is 0 Å². The Balaban J connectivity index is 0.000000750. The van der Waals surface area contributed by atoms with Gasteiger partial charge in [-0.2, -0.15) is 0 Å². The number of benzene rings is 1. The number of rotatable bonds is 0. The molecule has 3 rings (SSSR count). The molecule has 1 N–H and O–H groups in total. The SMILES string of the molecule is [Cu+2].c1ccc2c(c1)[nH]c1cnccc12. The van der Waals surface area contributed by atoms with Gasteiger partial charge in [0.1, 0.15) is 0 Å². The molecule has 3 heteroatoms. The summed E-state index contributed by atoms with van der Waals surface area (Å²) in [5, 5.41) is 2.51. The van der Waals surface area contributed by atoms with Crippen LogP contribution in [0.2, 0.25) is 0 Å². The van der Waals surface area contributed by atoms with Gasteiger partial charge in [0, 0.05) is 22.5 Å². The summed E-state index contributed by atoms with van der Waals surface area (Å²) in [6.45, 7) is 0. The van der Waals surface area contributed by atoms with Crippen LogP contribution in [0.1, 0.15) is 0 Å². The number of pyridine rings is 1. The minimum Gasteiger partial charge on any atom is -0.353 e. The number of hydrogen-bond donors (Lipinski definition) is 1. The van der Waals surface area contributed by atoms with E-state index in [2.05, 4.69) is 28.2 Å². The number of H-pyrrole nitrogens is 1. The van der Waals surface area contributed by atoms with Gasteiger partial charge in [-0.25, -0.2) is 0 Å². The van der Waals surface area contributed by atoms with Gasteiger partial charge in [0.15, 0.2) is 0 Å². The Morgan fingerprint density at radius 3 is 2.64 bits per heavy atom. The average Bonchev–Trinajstić information content (AvgIpc) is 2.56. The molecule has 0 fully saturated rings. The monoisotopic (exact) mass is 231 g/mol. The number of aromatic amines is 1. The average molecular weight is 232 g/mol. The zero-order valence-electron chi connectivity index (χ0n) is 7.29. The largest absolute Gasteiger partial charge is 2.00 e. The number of hydrogen-bond acceptors (Lipinski definition) is 1. The third-order valence-electron chi connectivity index (χ3n) is 2.31. The van der Waals surface area contributed by atoms with Crippen molar-refractivity contribution in [1.82, 2.24) is 9.97 Å². The predicted molar refractivity (Wildman–Crippen MR) is 53.6 cm³/mol. The van der Waals surface area contributed by atoms with E-state index in [1.54, 1.807) is 0 Å². The first-order valence-corrected chi connectivity index (χ1v) is 4.25. The maximum atomic E-state index is 4.08.